The van der Waals surface area contributed by atoms with Gasteiger partial charge in [0, 0.05) is 6.07 Å². The smallest absolute Gasteiger partial charge is 0.358 e. The number of nitrogens with zero attached hydrogens (tertiary/aromatic N) is 1. The maximum Gasteiger partial charge on any atom is 1.00 e. The number of rotatable bonds is 1. The molecule has 2 rings (SSSR count). The molecule has 2 aromatic rings. The molecule has 1 aromatic carbocycles. The van der Waals surface area contributed by atoms with Gasteiger partial charge in [0.1, 0.15) is 12.7 Å². The van der Waals surface area contributed by atoms with E-state index in [0.717, 1.165) is 5.56 Å². The van der Waals surface area contributed by atoms with Crippen LogP contribution in [0.4, 0.5) is 0 Å². The second kappa shape index (κ2) is 7.31. The van der Waals surface area contributed by atoms with Gasteiger partial charge in [-0.15, -0.1) is 30.3 Å². The molecule has 0 atom stereocenters. The Morgan fingerprint density at radius 2 is 1.80 bits per heavy atom. The minimum atomic E-state index is 0. The molecule has 0 N–H and O–H groups in total. The van der Waals surface area contributed by atoms with E-state index in [1.54, 1.807) is 0 Å². The molecule has 0 unspecified atom stereocenters. The zero-order valence-corrected chi connectivity index (χ0v) is 12.7. The van der Waals surface area contributed by atoms with Gasteiger partial charge in [0.15, 0.2) is 6.20 Å². The first-order chi connectivity index (χ1) is 6.38. The van der Waals surface area contributed by atoms with Crippen LogP contribution in [0.1, 0.15) is 0 Å². The summed E-state index contributed by atoms with van der Waals surface area (Å²) in [6.45, 7) is 0. The molecule has 0 saturated heterocycles. The second-order valence-corrected chi connectivity index (χ2v) is 2.97. The SMILES string of the molecule is C[n+]1ccccc1-c1[c-]cccc1.[CH3-].[K+]. The second-order valence-electron chi connectivity index (χ2n) is 2.97. The Balaban J connectivity index is 0.000000980. The maximum atomic E-state index is 3.20. The van der Waals surface area contributed by atoms with Crippen molar-refractivity contribution in [2.24, 2.45) is 7.05 Å². The van der Waals surface area contributed by atoms with Gasteiger partial charge in [0.25, 0.3) is 0 Å². The van der Waals surface area contributed by atoms with Gasteiger partial charge in [-0.2, -0.15) is 0 Å². The summed E-state index contributed by atoms with van der Waals surface area (Å²) in [6, 6.07) is 17.4. The Bertz CT molecular complexity index is 398. The van der Waals surface area contributed by atoms with E-state index < -0.39 is 0 Å². The molecular formula is C13H14KN. The van der Waals surface area contributed by atoms with E-state index in [9.17, 15) is 0 Å². The summed E-state index contributed by atoms with van der Waals surface area (Å²) in [6.07, 6.45) is 2.04. The van der Waals surface area contributed by atoms with E-state index in [2.05, 4.69) is 22.8 Å². The fourth-order valence-corrected chi connectivity index (χ4v) is 1.36. The van der Waals surface area contributed by atoms with E-state index in [-0.39, 0.29) is 58.8 Å². The number of hydrogen-bond acceptors (Lipinski definition) is 0. The maximum absolute atomic E-state index is 3.20. The summed E-state index contributed by atoms with van der Waals surface area (Å²) < 4.78 is 2.09. The van der Waals surface area contributed by atoms with Crippen LogP contribution >= 0.6 is 0 Å². The van der Waals surface area contributed by atoms with Crippen molar-refractivity contribution in [2.75, 3.05) is 0 Å². The molecule has 0 aliphatic carbocycles. The van der Waals surface area contributed by atoms with Gasteiger partial charge in [0.05, 0.1) is 0 Å². The van der Waals surface area contributed by atoms with Crippen molar-refractivity contribution in [1.29, 1.82) is 0 Å². The first-order valence-corrected chi connectivity index (χ1v) is 4.30. The first-order valence-electron chi connectivity index (χ1n) is 4.30. The fraction of sp³-hybridized carbons (Fsp3) is 0.0769. The summed E-state index contributed by atoms with van der Waals surface area (Å²) >= 11 is 0. The largest absolute Gasteiger partial charge is 1.00 e. The third kappa shape index (κ3) is 3.81. The number of aryl methyl sites for hydroxylation is 1. The summed E-state index contributed by atoms with van der Waals surface area (Å²) in [4.78, 5) is 0. The fourth-order valence-electron chi connectivity index (χ4n) is 1.36. The van der Waals surface area contributed by atoms with Gasteiger partial charge >= 0.3 is 51.4 Å². The summed E-state index contributed by atoms with van der Waals surface area (Å²) in [5.74, 6) is 0. The van der Waals surface area contributed by atoms with Crippen molar-refractivity contribution in [3.63, 3.8) is 0 Å². The van der Waals surface area contributed by atoms with Crippen molar-refractivity contribution in [3.8, 4) is 11.3 Å². The summed E-state index contributed by atoms with van der Waals surface area (Å²) in [5.41, 5.74) is 2.31. The number of aromatic nitrogens is 1. The van der Waals surface area contributed by atoms with Crippen LogP contribution in [0.5, 0.6) is 0 Å². The molecule has 0 aliphatic heterocycles. The zero-order chi connectivity index (χ0) is 9.10. The van der Waals surface area contributed by atoms with Gasteiger partial charge in [-0.1, -0.05) is 11.6 Å². The molecule has 2 heteroatoms. The Morgan fingerprint density at radius 1 is 1.07 bits per heavy atom. The van der Waals surface area contributed by atoms with Crippen molar-refractivity contribution in [3.05, 3.63) is 62.2 Å². The molecule has 0 spiro atoms. The number of pyridine rings is 1. The van der Waals surface area contributed by atoms with Crippen molar-refractivity contribution in [1.82, 2.24) is 0 Å². The minimum absolute atomic E-state index is 0. The molecule has 0 saturated carbocycles. The Morgan fingerprint density at radius 3 is 2.40 bits per heavy atom. The van der Waals surface area contributed by atoms with Gasteiger partial charge in [-0.3, -0.25) is 0 Å². The van der Waals surface area contributed by atoms with Gasteiger partial charge in [-0.05, 0) is 6.07 Å². The molecule has 0 amide bonds. The van der Waals surface area contributed by atoms with Crippen LogP contribution in [0.25, 0.3) is 11.3 Å². The van der Waals surface area contributed by atoms with E-state index in [1.165, 1.54) is 5.69 Å². The topological polar surface area (TPSA) is 3.88 Å². The van der Waals surface area contributed by atoms with Crippen LogP contribution in [0.3, 0.4) is 0 Å². The number of hydrogen-bond donors (Lipinski definition) is 0. The quantitative estimate of drug-likeness (QED) is 0.346. The van der Waals surface area contributed by atoms with Crippen LogP contribution in [0.15, 0.2) is 48.7 Å². The summed E-state index contributed by atoms with van der Waals surface area (Å²) in [5, 5.41) is 0. The van der Waals surface area contributed by atoms with Gasteiger partial charge in [-0.25, -0.2) is 4.57 Å². The van der Waals surface area contributed by atoms with Crippen LogP contribution in [-0.4, -0.2) is 0 Å². The molecule has 1 aromatic heterocycles. The molecule has 15 heavy (non-hydrogen) atoms. The van der Waals surface area contributed by atoms with Crippen LogP contribution in [-0.2, 0) is 7.05 Å². The van der Waals surface area contributed by atoms with Gasteiger partial charge in [0.2, 0.25) is 0 Å². The molecule has 1 nitrogen and oxygen atoms in total. The van der Waals surface area contributed by atoms with E-state index in [0.29, 0.717) is 0 Å². The van der Waals surface area contributed by atoms with Crippen molar-refractivity contribution in [2.45, 2.75) is 0 Å². The van der Waals surface area contributed by atoms with E-state index >= 15 is 0 Å². The molecular weight excluding hydrogens is 209 g/mol. The minimum Gasteiger partial charge on any atom is -0.358 e. The molecule has 1 heterocycles. The van der Waals surface area contributed by atoms with Crippen LogP contribution in [0, 0.1) is 13.5 Å². The third-order valence-corrected chi connectivity index (χ3v) is 2.04. The summed E-state index contributed by atoms with van der Waals surface area (Å²) in [7, 11) is 2.04. The monoisotopic (exact) mass is 223 g/mol. The van der Waals surface area contributed by atoms with Crippen LogP contribution < -0.4 is 56.0 Å². The Hall–Kier alpha value is 0.00636. The predicted molar refractivity (Wildman–Crippen MR) is 58.3 cm³/mol. The Labute approximate surface area is 135 Å². The first kappa shape index (κ1) is 15.0. The third-order valence-electron chi connectivity index (χ3n) is 2.04. The predicted octanol–water partition coefficient (Wildman–Crippen LogP) is -0.567. The zero-order valence-electron chi connectivity index (χ0n) is 9.57. The molecule has 72 valence electrons. The molecule has 0 bridgehead atoms. The normalized spacial score (nSPS) is 8.60. The average molecular weight is 223 g/mol. The molecule has 0 radical (unpaired) electrons. The van der Waals surface area contributed by atoms with Crippen molar-refractivity contribution < 1.29 is 56.0 Å². The number of benzene rings is 1. The van der Waals surface area contributed by atoms with E-state index in [1.807, 2.05) is 43.6 Å². The van der Waals surface area contributed by atoms with E-state index in [4.69, 9.17) is 0 Å². The van der Waals surface area contributed by atoms with Crippen LogP contribution in [0.2, 0.25) is 0 Å². The Kier molecular flexibility index (Phi) is 7.31. The standard InChI is InChI=1S/C12H11N.CH3.K/c1-13-10-6-5-9-12(13)11-7-3-2-4-8-11;;/h2-7,9-10H,1H3;1H3;/q;-1;+1. The average Bonchev–Trinajstić information content (AvgIpc) is 2.20. The molecule has 0 fully saturated rings. The van der Waals surface area contributed by atoms with Gasteiger partial charge < -0.3 is 7.43 Å². The molecule has 0 aliphatic rings. The van der Waals surface area contributed by atoms with Crippen molar-refractivity contribution >= 4 is 0 Å².